The van der Waals surface area contributed by atoms with Crippen LogP contribution in [0.1, 0.15) is 42.0 Å². The molecule has 0 aliphatic carbocycles. The van der Waals surface area contributed by atoms with E-state index in [1.807, 2.05) is 24.3 Å². The number of hydrogen-bond donors (Lipinski definition) is 1. The van der Waals surface area contributed by atoms with Crippen LogP contribution in [-0.4, -0.2) is 9.38 Å². The van der Waals surface area contributed by atoms with Crippen molar-refractivity contribution in [1.82, 2.24) is 9.38 Å². The number of pyridine rings is 1. The van der Waals surface area contributed by atoms with E-state index in [-0.39, 0.29) is 5.92 Å². The van der Waals surface area contributed by atoms with Gasteiger partial charge in [-0.15, -0.1) is 0 Å². The number of imidazole rings is 1. The Balaban J connectivity index is 2.05. The molecule has 0 saturated carbocycles. The molecule has 134 valence electrons. The van der Waals surface area contributed by atoms with Crippen molar-refractivity contribution in [2.75, 3.05) is 5.32 Å². The molecule has 4 heteroatoms. The molecule has 1 N–H and O–H groups in total. The number of nitriles is 1. The Bertz CT molecular complexity index is 1190. The van der Waals surface area contributed by atoms with Crippen LogP contribution < -0.4 is 5.32 Å². The maximum Gasteiger partial charge on any atom is 0.157 e. The van der Waals surface area contributed by atoms with E-state index in [0.29, 0.717) is 11.2 Å². The zero-order valence-corrected chi connectivity index (χ0v) is 16.0. The second-order valence-electron chi connectivity index (χ2n) is 7.39. The third-order valence-corrected chi connectivity index (χ3v) is 4.83. The summed E-state index contributed by atoms with van der Waals surface area (Å²) in [4.78, 5) is 4.77. The normalized spacial score (nSPS) is 11.3. The first kappa shape index (κ1) is 17.1. The van der Waals surface area contributed by atoms with Gasteiger partial charge in [0.15, 0.2) is 5.65 Å². The predicted octanol–water partition coefficient (Wildman–Crippen LogP) is 5.84. The number of aromatic nitrogens is 2. The lowest BCUT2D eigenvalue weighted by atomic mass is 9.99. The van der Waals surface area contributed by atoms with Crippen LogP contribution in [0.15, 0.2) is 48.5 Å². The number of nitrogens with one attached hydrogen (secondary N) is 1. The Morgan fingerprint density at radius 2 is 1.74 bits per heavy atom. The van der Waals surface area contributed by atoms with Crippen molar-refractivity contribution in [2.45, 2.75) is 33.6 Å². The highest BCUT2D eigenvalue weighted by molar-refractivity contribution is 5.86. The molecule has 4 aromatic rings. The van der Waals surface area contributed by atoms with Gasteiger partial charge in [0.1, 0.15) is 11.9 Å². The minimum Gasteiger partial charge on any atom is -0.341 e. The second kappa shape index (κ2) is 6.44. The molecule has 0 bridgehead atoms. The van der Waals surface area contributed by atoms with Crippen LogP contribution in [0.2, 0.25) is 0 Å². The number of para-hydroxylation sites is 2. The lowest BCUT2D eigenvalue weighted by Gasteiger charge is -2.16. The Morgan fingerprint density at radius 1 is 1.04 bits per heavy atom. The molecule has 0 radical (unpaired) electrons. The number of hydrogen-bond acceptors (Lipinski definition) is 3. The van der Waals surface area contributed by atoms with E-state index in [1.54, 1.807) is 0 Å². The average molecular weight is 354 g/mol. The minimum absolute atomic E-state index is 0.226. The van der Waals surface area contributed by atoms with Gasteiger partial charge in [-0.05, 0) is 66.8 Å². The maximum absolute atomic E-state index is 9.82. The van der Waals surface area contributed by atoms with E-state index in [4.69, 9.17) is 4.98 Å². The third kappa shape index (κ3) is 2.92. The number of rotatable bonds is 3. The molecular formula is C23H22N4. The van der Waals surface area contributed by atoms with Gasteiger partial charge in [0, 0.05) is 5.69 Å². The molecule has 4 rings (SSSR count). The van der Waals surface area contributed by atoms with Crippen molar-refractivity contribution in [2.24, 2.45) is 0 Å². The van der Waals surface area contributed by atoms with Crippen LogP contribution in [-0.2, 0) is 0 Å². The van der Waals surface area contributed by atoms with Gasteiger partial charge < -0.3 is 5.32 Å². The summed E-state index contributed by atoms with van der Waals surface area (Å²) in [6.45, 7) is 8.41. The fraction of sp³-hybridized carbons (Fsp3) is 0.217. The van der Waals surface area contributed by atoms with Crippen LogP contribution in [0.4, 0.5) is 11.5 Å². The zero-order chi connectivity index (χ0) is 19.1. The number of benzene rings is 2. The first-order chi connectivity index (χ1) is 13.0. The summed E-state index contributed by atoms with van der Waals surface area (Å²) >= 11 is 0. The molecule has 2 heterocycles. The van der Waals surface area contributed by atoms with E-state index < -0.39 is 0 Å². The van der Waals surface area contributed by atoms with E-state index in [0.717, 1.165) is 28.1 Å². The number of nitrogens with zero attached hydrogens (tertiary/aromatic N) is 3. The second-order valence-corrected chi connectivity index (χ2v) is 7.39. The molecule has 0 spiro atoms. The Kier molecular flexibility index (Phi) is 4.08. The van der Waals surface area contributed by atoms with Gasteiger partial charge >= 0.3 is 0 Å². The Hall–Kier alpha value is -3.32. The summed E-state index contributed by atoms with van der Waals surface area (Å²) in [6.07, 6.45) is 0. The Morgan fingerprint density at radius 3 is 2.41 bits per heavy atom. The highest BCUT2D eigenvalue weighted by Crippen LogP contribution is 2.32. The molecule has 2 aromatic heterocycles. The maximum atomic E-state index is 9.82. The largest absolute Gasteiger partial charge is 0.341 e. The van der Waals surface area contributed by atoms with Crippen molar-refractivity contribution in [1.29, 1.82) is 5.26 Å². The van der Waals surface area contributed by atoms with Gasteiger partial charge in [-0.25, -0.2) is 4.98 Å². The number of anilines is 2. The van der Waals surface area contributed by atoms with E-state index in [1.165, 1.54) is 11.1 Å². The van der Waals surface area contributed by atoms with Gasteiger partial charge in [0.25, 0.3) is 0 Å². The molecular weight excluding hydrogens is 332 g/mol. The van der Waals surface area contributed by atoms with Crippen LogP contribution in [0.3, 0.4) is 0 Å². The van der Waals surface area contributed by atoms with Gasteiger partial charge in [-0.3, -0.25) is 4.40 Å². The van der Waals surface area contributed by atoms with Crippen molar-refractivity contribution in [3.63, 3.8) is 0 Å². The predicted molar refractivity (Wildman–Crippen MR) is 111 cm³/mol. The quantitative estimate of drug-likeness (QED) is 0.502. The van der Waals surface area contributed by atoms with Gasteiger partial charge in [-0.2, -0.15) is 5.26 Å². The fourth-order valence-corrected chi connectivity index (χ4v) is 3.71. The number of fused-ring (bicyclic) bond motifs is 3. The monoisotopic (exact) mass is 354 g/mol. The summed E-state index contributed by atoms with van der Waals surface area (Å²) in [6, 6.07) is 18.9. The highest BCUT2D eigenvalue weighted by atomic mass is 15.1. The fourth-order valence-electron chi connectivity index (χ4n) is 3.71. The minimum atomic E-state index is 0.226. The standard InChI is InChI=1S/C23H22N4/c1-14(2)18-12-22(25-17-10-15(3)9-16(4)11-17)27-21-8-6-5-7-20(21)26-23(27)19(18)13-24/h5-12,14,25H,1-4H3. The molecule has 0 amide bonds. The van der Waals surface area contributed by atoms with Crippen molar-refractivity contribution < 1.29 is 0 Å². The molecule has 0 atom stereocenters. The van der Waals surface area contributed by atoms with Crippen LogP contribution in [0, 0.1) is 25.2 Å². The SMILES string of the molecule is Cc1cc(C)cc(Nc2cc(C(C)C)c(C#N)c3nc4ccccc4n23)c1. The number of aryl methyl sites for hydroxylation is 2. The van der Waals surface area contributed by atoms with Crippen LogP contribution in [0.5, 0.6) is 0 Å². The molecule has 0 unspecified atom stereocenters. The average Bonchev–Trinajstić information content (AvgIpc) is 3.00. The van der Waals surface area contributed by atoms with Gasteiger partial charge in [0.2, 0.25) is 0 Å². The van der Waals surface area contributed by atoms with Crippen molar-refractivity contribution in [3.8, 4) is 6.07 Å². The highest BCUT2D eigenvalue weighted by Gasteiger charge is 2.18. The van der Waals surface area contributed by atoms with Crippen LogP contribution in [0.25, 0.3) is 16.7 Å². The zero-order valence-electron chi connectivity index (χ0n) is 16.0. The molecule has 0 saturated heterocycles. The molecule has 0 aliphatic rings. The van der Waals surface area contributed by atoms with E-state index in [9.17, 15) is 5.26 Å². The van der Waals surface area contributed by atoms with Crippen molar-refractivity contribution in [3.05, 3.63) is 70.8 Å². The van der Waals surface area contributed by atoms with Crippen molar-refractivity contribution >= 4 is 28.2 Å². The van der Waals surface area contributed by atoms with Crippen LogP contribution >= 0.6 is 0 Å². The van der Waals surface area contributed by atoms with E-state index in [2.05, 4.69) is 67.7 Å². The van der Waals surface area contributed by atoms with Gasteiger partial charge in [-0.1, -0.05) is 32.0 Å². The van der Waals surface area contributed by atoms with Gasteiger partial charge in [0.05, 0.1) is 16.6 Å². The summed E-state index contributed by atoms with van der Waals surface area (Å²) in [7, 11) is 0. The third-order valence-electron chi connectivity index (χ3n) is 4.83. The first-order valence-corrected chi connectivity index (χ1v) is 9.17. The summed E-state index contributed by atoms with van der Waals surface area (Å²) in [5.41, 5.74) is 7.69. The summed E-state index contributed by atoms with van der Waals surface area (Å²) in [5.74, 6) is 1.15. The summed E-state index contributed by atoms with van der Waals surface area (Å²) < 4.78 is 2.05. The molecule has 0 aliphatic heterocycles. The molecule has 27 heavy (non-hydrogen) atoms. The molecule has 4 nitrogen and oxygen atoms in total. The lowest BCUT2D eigenvalue weighted by molar-refractivity contribution is 0.860. The topological polar surface area (TPSA) is 53.1 Å². The molecule has 2 aromatic carbocycles. The Labute approximate surface area is 159 Å². The molecule has 0 fully saturated rings. The smallest absolute Gasteiger partial charge is 0.157 e. The lowest BCUT2D eigenvalue weighted by Crippen LogP contribution is -2.05. The summed E-state index contributed by atoms with van der Waals surface area (Å²) in [5, 5.41) is 13.4. The van der Waals surface area contributed by atoms with E-state index >= 15 is 0 Å². The first-order valence-electron chi connectivity index (χ1n) is 9.17.